The highest BCUT2D eigenvalue weighted by Gasteiger charge is 2.16. The summed E-state index contributed by atoms with van der Waals surface area (Å²) in [5.41, 5.74) is 4.34. The van der Waals surface area contributed by atoms with Gasteiger partial charge in [-0.25, -0.2) is 4.98 Å². The maximum atomic E-state index is 12.2. The van der Waals surface area contributed by atoms with Crippen LogP contribution >= 0.6 is 0 Å². The van der Waals surface area contributed by atoms with Gasteiger partial charge in [-0.15, -0.1) is 0 Å². The van der Waals surface area contributed by atoms with Gasteiger partial charge in [0.05, 0.1) is 39.8 Å². The molecule has 7 nitrogen and oxygen atoms in total. The third kappa shape index (κ3) is 4.20. The molecule has 0 aliphatic rings. The summed E-state index contributed by atoms with van der Waals surface area (Å²) < 4.78 is 31.6. The van der Waals surface area contributed by atoms with E-state index in [2.05, 4.69) is 16.0 Å². The second-order valence-corrected chi connectivity index (χ2v) is 8.23. The summed E-state index contributed by atoms with van der Waals surface area (Å²) in [5.74, 6) is 0.563. The van der Waals surface area contributed by atoms with Gasteiger partial charge in [0, 0.05) is 24.1 Å². The number of oxazole rings is 1. The van der Waals surface area contributed by atoms with Crippen LogP contribution in [0.2, 0.25) is 0 Å². The Labute approximate surface area is 192 Å². The Bertz CT molecular complexity index is 1520. The molecule has 0 aliphatic carbocycles. The topological polar surface area (TPSA) is 106 Å². The molecule has 162 valence electrons. The van der Waals surface area contributed by atoms with Gasteiger partial charge >= 0.3 is 0 Å². The van der Waals surface area contributed by atoms with E-state index in [1.54, 1.807) is 48.7 Å². The zero-order chi connectivity index (χ0) is 22.8. The van der Waals surface area contributed by atoms with E-state index < -0.39 is 11.3 Å². The Morgan fingerprint density at radius 3 is 2.64 bits per heavy atom. The molecule has 5 aromatic rings. The highest BCUT2D eigenvalue weighted by Crippen LogP contribution is 2.34. The third-order valence-electron chi connectivity index (χ3n) is 5.34. The molecule has 0 N–H and O–H groups in total. The number of aryl methyl sites for hydroxylation is 2. The fourth-order valence-corrected chi connectivity index (χ4v) is 4.34. The zero-order valence-electron chi connectivity index (χ0n) is 17.3. The zero-order valence-corrected chi connectivity index (χ0v) is 18.2. The molecule has 0 fully saturated rings. The number of para-hydroxylation sites is 1. The number of nitrogens with zero attached hydrogens (tertiary/aromatic N) is 4. The lowest BCUT2D eigenvalue weighted by Crippen LogP contribution is -2.19. The molecule has 3 aromatic carbocycles. The number of fused-ring (bicyclic) bond motifs is 2. The fraction of sp³-hybridized carbons (Fsp3) is 0.0800. The Morgan fingerprint density at radius 1 is 1.03 bits per heavy atom. The molecule has 33 heavy (non-hydrogen) atoms. The van der Waals surface area contributed by atoms with E-state index in [4.69, 9.17) is 9.68 Å². The number of hydrogen-bond acceptors (Lipinski definition) is 6. The lowest BCUT2D eigenvalue weighted by Gasteiger charge is -2.27. The number of nitriles is 1. The van der Waals surface area contributed by atoms with Crippen LogP contribution < -0.4 is 4.31 Å². The first-order valence-corrected chi connectivity index (χ1v) is 11.3. The number of hydrogen-bond donors (Lipinski definition) is 0. The van der Waals surface area contributed by atoms with Gasteiger partial charge in [0.25, 0.3) is 0 Å². The molecular formula is C25H17N4O3S-. The average Bonchev–Trinajstić information content (AvgIpc) is 3.25. The molecule has 0 saturated heterocycles. The lowest BCUT2D eigenvalue weighted by atomic mass is 10.1. The lowest BCUT2D eigenvalue weighted by molar-refractivity contribution is 0.528. The number of anilines is 2. The van der Waals surface area contributed by atoms with Crippen LogP contribution in [0.5, 0.6) is 0 Å². The molecule has 0 saturated carbocycles. The molecule has 8 heteroatoms. The van der Waals surface area contributed by atoms with E-state index in [1.165, 1.54) is 4.31 Å². The summed E-state index contributed by atoms with van der Waals surface area (Å²) in [6.07, 6.45) is 2.93. The van der Waals surface area contributed by atoms with Crippen LogP contribution in [0.4, 0.5) is 11.4 Å². The Kier molecular flexibility index (Phi) is 5.57. The molecule has 0 radical (unpaired) electrons. The van der Waals surface area contributed by atoms with Gasteiger partial charge in [-0.05, 0) is 48.4 Å². The van der Waals surface area contributed by atoms with Crippen molar-refractivity contribution in [2.75, 3.05) is 4.31 Å². The van der Waals surface area contributed by atoms with Crippen LogP contribution in [-0.4, -0.2) is 18.7 Å². The van der Waals surface area contributed by atoms with Crippen LogP contribution in [0.1, 0.15) is 17.0 Å². The summed E-state index contributed by atoms with van der Waals surface area (Å²) in [7, 11) is 0. The number of aromatic nitrogens is 2. The monoisotopic (exact) mass is 453 g/mol. The third-order valence-corrected chi connectivity index (χ3v) is 6.05. The van der Waals surface area contributed by atoms with Crippen LogP contribution in [-0.2, 0) is 24.1 Å². The number of rotatable bonds is 6. The van der Waals surface area contributed by atoms with E-state index in [0.29, 0.717) is 52.3 Å². The minimum absolute atomic E-state index is 0.434. The smallest absolute Gasteiger partial charge is 0.195 e. The molecule has 1 unspecified atom stereocenters. The first-order chi connectivity index (χ1) is 16.1. The Morgan fingerprint density at radius 2 is 1.85 bits per heavy atom. The molecule has 0 spiro atoms. The summed E-state index contributed by atoms with van der Waals surface area (Å²) in [6, 6.07) is 23.7. The maximum Gasteiger partial charge on any atom is 0.195 e. The van der Waals surface area contributed by atoms with Crippen molar-refractivity contribution in [1.29, 1.82) is 5.26 Å². The second-order valence-electron chi connectivity index (χ2n) is 7.43. The van der Waals surface area contributed by atoms with Crippen molar-refractivity contribution in [3.05, 3.63) is 96.0 Å². The molecule has 2 heterocycles. The molecule has 1 atom stereocenters. The highest BCUT2D eigenvalue weighted by atomic mass is 32.2. The van der Waals surface area contributed by atoms with Crippen molar-refractivity contribution < 1.29 is 13.2 Å². The first-order valence-electron chi connectivity index (χ1n) is 10.2. The van der Waals surface area contributed by atoms with Gasteiger partial charge in [0.2, 0.25) is 0 Å². The van der Waals surface area contributed by atoms with Gasteiger partial charge in [-0.1, -0.05) is 30.3 Å². The van der Waals surface area contributed by atoms with E-state index in [9.17, 15) is 8.76 Å². The highest BCUT2D eigenvalue weighted by molar-refractivity contribution is 7.81. The van der Waals surface area contributed by atoms with E-state index in [-0.39, 0.29) is 0 Å². The van der Waals surface area contributed by atoms with Gasteiger partial charge in [-0.2, -0.15) is 5.26 Å². The van der Waals surface area contributed by atoms with E-state index in [0.717, 1.165) is 10.9 Å². The number of benzene rings is 3. The minimum Gasteiger partial charge on any atom is -0.755 e. The van der Waals surface area contributed by atoms with Crippen LogP contribution in [0.15, 0.2) is 83.4 Å². The van der Waals surface area contributed by atoms with Crippen LogP contribution in [0.25, 0.3) is 22.0 Å². The van der Waals surface area contributed by atoms with Gasteiger partial charge in [0.15, 0.2) is 11.5 Å². The minimum atomic E-state index is -2.57. The van der Waals surface area contributed by atoms with Crippen molar-refractivity contribution >= 4 is 44.6 Å². The maximum absolute atomic E-state index is 12.2. The van der Waals surface area contributed by atoms with E-state index >= 15 is 0 Å². The Hall–Kier alpha value is -4.06. The molecule has 2 aromatic heterocycles. The summed E-state index contributed by atoms with van der Waals surface area (Å²) in [5, 5.41) is 9.76. The van der Waals surface area contributed by atoms with Crippen molar-refractivity contribution in [2.24, 2.45) is 0 Å². The van der Waals surface area contributed by atoms with Gasteiger partial charge in [0.1, 0.15) is 5.52 Å². The fourth-order valence-electron chi connectivity index (χ4n) is 3.75. The van der Waals surface area contributed by atoms with Crippen LogP contribution in [0, 0.1) is 11.3 Å². The predicted octanol–water partition coefficient (Wildman–Crippen LogP) is 4.97. The van der Waals surface area contributed by atoms with Crippen molar-refractivity contribution in [2.45, 2.75) is 12.8 Å². The van der Waals surface area contributed by atoms with Crippen LogP contribution in [0.3, 0.4) is 0 Å². The standard InChI is InChI=1S/C25H18N4O3S/c26-16-18-8-6-17(7-9-18)10-13-24-28-21-12-11-20(15-23(21)32-24)29(33(30)31)22-5-1-3-19-4-2-14-27-25(19)22/h1-9,11-12,14-15H,10,13H2,(H,30,31)/p-1. The molecule has 0 amide bonds. The summed E-state index contributed by atoms with van der Waals surface area (Å²) in [4.78, 5) is 8.90. The van der Waals surface area contributed by atoms with E-state index in [1.807, 2.05) is 30.3 Å². The summed E-state index contributed by atoms with van der Waals surface area (Å²) in [6.45, 7) is 0. The normalized spacial score (nSPS) is 12.0. The average molecular weight is 454 g/mol. The molecule has 5 rings (SSSR count). The summed E-state index contributed by atoms with van der Waals surface area (Å²) >= 11 is -2.57. The van der Waals surface area contributed by atoms with Crippen molar-refractivity contribution in [3.8, 4) is 6.07 Å². The SMILES string of the molecule is N#Cc1ccc(CCc2nc3ccc(N(c4cccc5cccnc45)S(=O)[O-])cc3o2)cc1. The molecule has 0 bridgehead atoms. The predicted molar refractivity (Wildman–Crippen MR) is 125 cm³/mol. The Balaban J connectivity index is 1.45. The number of pyridine rings is 1. The van der Waals surface area contributed by atoms with Crippen molar-refractivity contribution in [3.63, 3.8) is 0 Å². The van der Waals surface area contributed by atoms with Gasteiger partial charge in [-0.3, -0.25) is 13.5 Å². The quantitative estimate of drug-likeness (QED) is 0.336. The molecular weight excluding hydrogens is 436 g/mol. The van der Waals surface area contributed by atoms with Gasteiger partial charge < -0.3 is 8.97 Å². The first kappa shape index (κ1) is 20.8. The second kappa shape index (κ2) is 8.82. The largest absolute Gasteiger partial charge is 0.755 e. The van der Waals surface area contributed by atoms with Crippen molar-refractivity contribution in [1.82, 2.24) is 9.97 Å². The molecule has 0 aliphatic heterocycles.